The summed E-state index contributed by atoms with van der Waals surface area (Å²) in [6.07, 6.45) is 7.56. The van der Waals surface area contributed by atoms with Gasteiger partial charge in [0.05, 0.1) is 17.6 Å². The molecule has 0 spiro atoms. The number of nitrogens with zero attached hydrogens (tertiary/aromatic N) is 5. The number of rotatable bonds is 10. The molecule has 1 fully saturated rings. The summed E-state index contributed by atoms with van der Waals surface area (Å²) in [6.45, 7) is 7.78. The average Bonchev–Trinajstić information content (AvgIpc) is 3.59. The first-order valence-corrected chi connectivity index (χ1v) is 13.7. The van der Waals surface area contributed by atoms with E-state index in [1.165, 1.54) is 24.0 Å². The highest BCUT2D eigenvalue weighted by Crippen LogP contribution is 2.33. The number of tetrazole rings is 1. The summed E-state index contributed by atoms with van der Waals surface area (Å²) in [7, 11) is 0. The number of benzene rings is 2. The lowest BCUT2D eigenvalue weighted by atomic mass is 10.0. The molecule has 0 saturated heterocycles. The molecular weight excluding hydrogens is 460 g/mol. The molecule has 1 aliphatic carbocycles. The molecule has 0 radical (unpaired) electrons. The van der Waals surface area contributed by atoms with Gasteiger partial charge in [0.2, 0.25) is 0 Å². The third kappa shape index (κ3) is 5.52. The Morgan fingerprint density at radius 1 is 1.05 bits per heavy atom. The van der Waals surface area contributed by atoms with Crippen molar-refractivity contribution in [3.63, 3.8) is 0 Å². The Morgan fingerprint density at radius 3 is 2.62 bits per heavy atom. The molecule has 0 bridgehead atoms. The number of aromatic amines is 1. The second kappa shape index (κ2) is 11.4. The van der Waals surface area contributed by atoms with Gasteiger partial charge in [-0.3, -0.25) is 9.69 Å². The van der Waals surface area contributed by atoms with E-state index in [1.807, 2.05) is 19.1 Å². The maximum absolute atomic E-state index is 13.3. The molecule has 1 aliphatic rings. The number of hydrogen-bond donors (Lipinski definition) is 1. The molecule has 2 aromatic heterocycles. The summed E-state index contributed by atoms with van der Waals surface area (Å²) in [5.41, 5.74) is 5.39. The predicted octanol–water partition coefficient (Wildman–Crippen LogP) is 5.83. The SMILES string of the molecule is CCC[C@@H](c1nnnn1C1CCCC1)N(CCc1ccccc1C)Cc1cc2cccc(C)c2[nH]c1=O. The monoisotopic (exact) mass is 498 g/mol. The molecule has 1 saturated carbocycles. The Hall–Kier alpha value is -3.32. The van der Waals surface area contributed by atoms with Gasteiger partial charge in [-0.2, -0.15) is 0 Å². The van der Waals surface area contributed by atoms with Crippen LogP contribution in [0.5, 0.6) is 0 Å². The van der Waals surface area contributed by atoms with Gasteiger partial charge in [0, 0.05) is 18.7 Å². The molecule has 37 heavy (non-hydrogen) atoms. The van der Waals surface area contributed by atoms with E-state index in [4.69, 9.17) is 0 Å². The molecule has 1 N–H and O–H groups in total. The van der Waals surface area contributed by atoms with E-state index in [2.05, 4.69) is 80.3 Å². The van der Waals surface area contributed by atoms with E-state index in [0.29, 0.717) is 12.6 Å². The van der Waals surface area contributed by atoms with Crippen molar-refractivity contribution in [2.24, 2.45) is 0 Å². The fourth-order valence-electron chi connectivity index (χ4n) is 5.84. The quantitative estimate of drug-likeness (QED) is 0.297. The number of aryl methyl sites for hydroxylation is 2. The van der Waals surface area contributed by atoms with Gasteiger partial charge in [-0.1, -0.05) is 68.7 Å². The molecule has 2 heterocycles. The van der Waals surface area contributed by atoms with Crippen LogP contribution in [0, 0.1) is 13.8 Å². The molecular formula is C30H38N6O. The van der Waals surface area contributed by atoms with Gasteiger partial charge >= 0.3 is 0 Å². The average molecular weight is 499 g/mol. The minimum absolute atomic E-state index is 0.0201. The molecule has 194 valence electrons. The molecule has 7 nitrogen and oxygen atoms in total. The van der Waals surface area contributed by atoms with Crippen LogP contribution in [0.1, 0.15) is 85.6 Å². The summed E-state index contributed by atoms with van der Waals surface area (Å²) in [6, 6.07) is 17.2. The second-order valence-electron chi connectivity index (χ2n) is 10.5. The summed E-state index contributed by atoms with van der Waals surface area (Å²) >= 11 is 0. The van der Waals surface area contributed by atoms with E-state index in [1.54, 1.807) is 0 Å². The maximum Gasteiger partial charge on any atom is 0.252 e. The third-order valence-electron chi connectivity index (χ3n) is 7.96. The van der Waals surface area contributed by atoms with Crippen LogP contribution < -0.4 is 5.56 Å². The van der Waals surface area contributed by atoms with Crippen molar-refractivity contribution in [1.29, 1.82) is 0 Å². The topological polar surface area (TPSA) is 79.7 Å². The standard InChI is InChI=1S/C30H38N6O/c1-4-10-27(29-32-33-34-36(29)26-15-7-8-16-26)35(18-17-23-13-6-5-11-21(23)2)20-25-19-24-14-9-12-22(3)28(24)31-30(25)37/h5-6,9,11-14,19,26-27H,4,7-8,10,15-18,20H2,1-3H3,(H,31,37)/t27-/m0/s1. The van der Waals surface area contributed by atoms with Gasteiger partial charge in [0.1, 0.15) is 0 Å². The normalized spacial score (nSPS) is 15.1. The lowest BCUT2D eigenvalue weighted by Gasteiger charge is -2.31. The van der Waals surface area contributed by atoms with Crippen molar-refractivity contribution in [3.8, 4) is 0 Å². The molecule has 0 aliphatic heterocycles. The number of aromatic nitrogens is 5. The molecule has 5 rings (SSSR count). The van der Waals surface area contributed by atoms with Crippen molar-refractivity contribution in [3.05, 3.63) is 87.0 Å². The van der Waals surface area contributed by atoms with Crippen LogP contribution >= 0.6 is 0 Å². The number of pyridine rings is 1. The van der Waals surface area contributed by atoms with Crippen molar-refractivity contribution < 1.29 is 0 Å². The number of fused-ring (bicyclic) bond motifs is 1. The van der Waals surface area contributed by atoms with Crippen LogP contribution in [0.2, 0.25) is 0 Å². The van der Waals surface area contributed by atoms with Crippen LogP contribution in [0.4, 0.5) is 0 Å². The highest BCUT2D eigenvalue weighted by Gasteiger charge is 2.30. The molecule has 2 aromatic carbocycles. The molecule has 7 heteroatoms. The molecule has 1 atom stereocenters. The largest absolute Gasteiger partial charge is 0.321 e. The van der Waals surface area contributed by atoms with Crippen LogP contribution in [0.15, 0.2) is 53.3 Å². The second-order valence-corrected chi connectivity index (χ2v) is 10.5. The lowest BCUT2D eigenvalue weighted by Crippen LogP contribution is -2.35. The Kier molecular flexibility index (Phi) is 7.79. The smallest absolute Gasteiger partial charge is 0.252 e. The van der Waals surface area contributed by atoms with Gasteiger partial charge in [0.25, 0.3) is 5.56 Å². The fourth-order valence-corrected chi connectivity index (χ4v) is 5.84. The number of H-pyrrole nitrogens is 1. The number of hydrogen-bond acceptors (Lipinski definition) is 5. The van der Waals surface area contributed by atoms with E-state index < -0.39 is 0 Å². The first-order valence-electron chi connectivity index (χ1n) is 13.7. The first kappa shape index (κ1) is 25.3. The summed E-state index contributed by atoms with van der Waals surface area (Å²) in [4.78, 5) is 18.8. The molecule has 0 unspecified atom stereocenters. The van der Waals surface area contributed by atoms with E-state index in [9.17, 15) is 4.79 Å². The van der Waals surface area contributed by atoms with Crippen molar-refractivity contribution in [2.75, 3.05) is 6.54 Å². The highest BCUT2D eigenvalue weighted by atomic mass is 16.1. The van der Waals surface area contributed by atoms with Crippen LogP contribution in [-0.2, 0) is 13.0 Å². The van der Waals surface area contributed by atoms with E-state index >= 15 is 0 Å². The Labute approximate surface area is 218 Å². The van der Waals surface area contributed by atoms with Crippen LogP contribution in [0.3, 0.4) is 0 Å². The van der Waals surface area contributed by atoms with Crippen molar-refractivity contribution in [1.82, 2.24) is 30.1 Å². The van der Waals surface area contributed by atoms with Crippen LogP contribution in [0.25, 0.3) is 10.9 Å². The Bertz CT molecular complexity index is 1400. The predicted molar refractivity (Wildman–Crippen MR) is 148 cm³/mol. The van der Waals surface area contributed by atoms with Gasteiger partial charge in [-0.25, -0.2) is 4.68 Å². The molecule has 4 aromatic rings. The number of nitrogens with one attached hydrogen (secondary N) is 1. The van der Waals surface area contributed by atoms with Gasteiger partial charge in [0.15, 0.2) is 5.82 Å². The Morgan fingerprint density at radius 2 is 1.84 bits per heavy atom. The zero-order valence-corrected chi connectivity index (χ0v) is 22.3. The zero-order valence-electron chi connectivity index (χ0n) is 22.3. The zero-order chi connectivity index (χ0) is 25.8. The van der Waals surface area contributed by atoms with E-state index in [0.717, 1.165) is 66.5 Å². The molecule has 0 amide bonds. The van der Waals surface area contributed by atoms with Crippen molar-refractivity contribution >= 4 is 10.9 Å². The Balaban J connectivity index is 1.52. The van der Waals surface area contributed by atoms with E-state index in [-0.39, 0.29) is 11.6 Å². The first-order chi connectivity index (χ1) is 18.0. The minimum Gasteiger partial charge on any atom is -0.321 e. The third-order valence-corrected chi connectivity index (χ3v) is 7.96. The summed E-state index contributed by atoms with van der Waals surface area (Å²) < 4.78 is 2.09. The lowest BCUT2D eigenvalue weighted by molar-refractivity contribution is 0.163. The van der Waals surface area contributed by atoms with Crippen LogP contribution in [-0.4, -0.2) is 36.6 Å². The summed E-state index contributed by atoms with van der Waals surface area (Å²) in [5, 5.41) is 14.2. The highest BCUT2D eigenvalue weighted by molar-refractivity contribution is 5.81. The maximum atomic E-state index is 13.3. The van der Waals surface area contributed by atoms with Gasteiger partial charge < -0.3 is 4.98 Å². The summed E-state index contributed by atoms with van der Waals surface area (Å²) in [5.74, 6) is 0.937. The van der Waals surface area contributed by atoms with Gasteiger partial charge in [-0.15, -0.1) is 5.10 Å². The fraction of sp³-hybridized carbons (Fsp3) is 0.467. The number of para-hydroxylation sites is 1. The minimum atomic E-state index is -0.0201. The van der Waals surface area contributed by atoms with Gasteiger partial charge in [-0.05, 0) is 78.1 Å². The van der Waals surface area contributed by atoms with Crippen molar-refractivity contribution in [2.45, 2.75) is 84.3 Å².